The molecule has 1 fully saturated rings. The van der Waals surface area contributed by atoms with Crippen LogP contribution in [0.4, 0.5) is 13.2 Å². The molecule has 168 valence electrons. The average molecular weight is 447 g/mol. The van der Waals surface area contributed by atoms with Crippen LogP contribution in [0.1, 0.15) is 36.3 Å². The van der Waals surface area contributed by atoms with E-state index in [0.717, 1.165) is 12.8 Å². The minimum atomic E-state index is -4.79. The van der Waals surface area contributed by atoms with E-state index in [1.807, 2.05) is 4.68 Å². The van der Waals surface area contributed by atoms with Gasteiger partial charge in [-0.3, -0.25) is 9.48 Å². The van der Waals surface area contributed by atoms with Gasteiger partial charge in [-0.2, -0.15) is 5.10 Å². The van der Waals surface area contributed by atoms with Crippen molar-refractivity contribution in [2.45, 2.75) is 38.2 Å². The van der Waals surface area contributed by atoms with Crippen molar-refractivity contribution in [1.29, 1.82) is 0 Å². The first-order chi connectivity index (χ1) is 15.2. The molecule has 2 heterocycles. The maximum absolute atomic E-state index is 12.6. The number of carbonyl (C=O) groups excluding carboxylic acids is 1. The molecule has 2 N–H and O–H groups in total. The zero-order valence-corrected chi connectivity index (χ0v) is 17.0. The number of hydrogen-bond donors (Lipinski definition) is 2. The molecule has 0 saturated heterocycles. The fraction of sp³-hybridized carbons (Fsp3) is 0.333. The van der Waals surface area contributed by atoms with E-state index in [-0.39, 0.29) is 23.9 Å². The monoisotopic (exact) mass is 447 g/mol. The smallest absolute Gasteiger partial charge is 0.406 e. The highest BCUT2D eigenvalue weighted by Gasteiger charge is 2.31. The number of benzene rings is 1. The molecule has 1 amide bonds. The minimum Gasteiger partial charge on any atom is -0.406 e. The number of nitrogens with zero attached hydrogens (tertiary/aromatic N) is 4. The van der Waals surface area contributed by atoms with Crippen LogP contribution in [0.5, 0.6) is 5.75 Å². The summed E-state index contributed by atoms with van der Waals surface area (Å²) in [6, 6.07) is 6.47. The molecule has 1 atom stereocenters. The number of ether oxygens (including phenoxy) is 1. The van der Waals surface area contributed by atoms with Crippen LogP contribution in [0.2, 0.25) is 0 Å². The summed E-state index contributed by atoms with van der Waals surface area (Å²) >= 11 is 0. The van der Waals surface area contributed by atoms with Crippen molar-refractivity contribution in [3.05, 3.63) is 48.4 Å². The molecule has 1 aliphatic carbocycles. The van der Waals surface area contributed by atoms with Crippen molar-refractivity contribution in [2.75, 3.05) is 6.61 Å². The molecule has 4 rings (SSSR count). The fourth-order valence-corrected chi connectivity index (χ4v) is 3.00. The molecule has 1 aromatic carbocycles. The highest BCUT2D eigenvalue weighted by atomic mass is 19.4. The average Bonchev–Trinajstić information content (AvgIpc) is 3.49. The molecule has 32 heavy (non-hydrogen) atoms. The summed E-state index contributed by atoms with van der Waals surface area (Å²) in [6.07, 6.45) is 0.701. The van der Waals surface area contributed by atoms with Crippen LogP contribution in [-0.4, -0.2) is 49.8 Å². The molecule has 0 unspecified atom stereocenters. The Labute approximate surface area is 181 Å². The van der Waals surface area contributed by atoms with Crippen molar-refractivity contribution in [3.8, 4) is 28.4 Å². The zero-order chi connectivity index (χ0) is 22.9. The van der Waals surface area contributed by atoms with Gasteiger partial charge in [-0.05, 0) is 50.1 Å². The molecule has 0 bridgehead atoms. The molecule has 0 spiro atoms. The first-order valence-corrected chi connectivity index (χ1v) is 9.93. The van der Waals surface area contributed by atoms with E-state index in [1.54, 1.807) is 19.3 Å². The Morgan fingerprint density at radius 3 is 2.59 bits per heavy atom. The Morgan fingerprint density at radius 2 is 1.97 bits per heavy atom. The van der Waals surface area contributed by atoms with E-state index in [4.69, 9.17) is 0 Å². The zero-order valence-electron chi connectivity index (χ0n) is 17.0. The lowest BCUT2D eigenvalue weighted by molar-refractivity contribution is -0.274. The first kappa shape index (κ1) is 21.8. The van der Waals surface area contributed by atoms with Crippen LogP contribution in [0, 0.1) is 0 Å². The molecular formula is C21H20F3N5O3. The van der Waals surface area contributed by atoms with E-state index >= 15 is 0 Å². The van der Waals surface area contributed by atoms with Gasteiger partial charge >= 0.3 is 6.36 Å². The Morgan fingerprint density at radius 1 is 1.25 bits per heavy atom. The van der Waals surface area contributed by atoms with Gasteiger partial charge in [0, 0.05) is 17.8 Å². The summed E-state index contributed by atoms with van der Waals surface area (Å²) in [4.78, 5) is 21.5. The van der Waals surface area contributed by atoms with Crippen LogP contribution in [0.15, 0.2) is 42.7 Å². The van der Waals surface area contributed by atoms with Gasteiger partial charge in [-0.1, -0.05) is 0 Å². The van der Waals surface area contributed by atoms with Gasteiger partial charge in [-0.25, -0.2) is 9.97 Å². The van der Waals surface area contributed by atoms with Gasteiger partial charge < -0.3 is 15.2 Å². The third-order valence-electron chi connectivity index (χ3n) is 4.77. The minimum absolute atomic E-state index is 0.0556. The van der Waals surface area contributed by atoms with Gasteiger partial charge in [0.1, 0.15) is 11.4 Å². The number of halogens is 3. The predicted molar refractivity (Wildman–Crippen MR) is 108 cm³/mol. The van der Waals surface area contributed by atoms with Gasteiger partial charge in [0.25, 0.3) is 5.91 Å². The third-order valence-corrected chi connectivity index (χ3v) is 4.77. The molecule has 1 saturated carbocycles. The van der Waals surface area contributed by atoms with E-state index in [1.165, 1.54) is 30.3 Å². The second-order valence-corrected chi connectivity index (χ2v) is 7.53. The number of rotatable bonds is 7. The van der Waals surface area contributed by atoms with Gasteiger partial charge in [0.2, 0.25) is 0 Å². The number of hydrogen-bond acceptors (Lipinski definition) is 6. The molecule has 0 aliphatic heterocycles. The number of amides is 1. The molecule has 11 heteroatoms. The van der Waals surface area contributed by atoms with E-state index in [0.29, 0.717) is 22.9 Å². The van der Waals surface area contributed by atoms with E-state index in [2.05, 4.69) is 25.1 Å². The summed E-state index contributed by atoms with van der Waals surface area (Å²) < 4.78 is 43.0. The van der Waals surface area contributed by atoms with Crippen LogP contribution in [0.25, 0.3) is 22.6 Å². The van der Waals surface area contributed by atoms with E-state index < -0.39 is 18.3 Å². The Balaban J connectivity index is 1.70. The Bertz CT molecular complexity index is 1110. The molecule has 1 aliphatic rings. The summed E-state index contributed by atoms with van der Waals surface area (Å²) in [7, 11) is 0. The van der Waals surface area contributed by atoms with Crippen molar-refractivity contribution < 1.29 is 27.8 Å². The standard InChI is InChI=1S/C21H20F3N5O3/c1-12(11-30)26-20(31)18-8-17(13-2-6-16(7-3-13)32-21(22,23)24)27-19(28-18)14-9-25-29(10-14)15-4-5-15/h2-3,6-10,12,15,30H,4-5,11H2,1H3,(H,26,31)/t12-/m0/s1. The van der Waals surface area contributed by atoms with Crippen molar-refractivity contribution in [2.24, 2.45) is 0 Å². The summed E-state index contributed by atoms with van der Waals surface area (Å²) in [6.45, 7) is 1.39. The van der Waals surface area contributed by atoms with Crippen molar-refractivity contribution >= 4 is 5.91 Å². The van der Waals surface area contributed by atoms with Crippen LogP contribution in [0.3, 0.4) is 0 Å². The normalized spacial score (nSPS) is 14.8. The van der Waals surface area contributed by atoms with Crippen molar-refractivity contribution in [1.82, 2.24) is 25.1 Å². The second-order valence-electron chi connectivity index (χ2n) is 7.53. The number of carbonyl (C=O) groups is 1. The van der Waals surface area contributed by atoms with E-state index in [9.17, 15) is 23.1 Å². The number of nitrogens with one attached hydrogen (secondary N) is 1. The number of aliphatic hydroxyl groups excluding tert-OH is 1. The quantitative estimate of drug-likeness (QED) is 0.576. The fourth-order valence-electron chi connectivity index (χ4n) is 3.00. The maximum atomic E-state index is 12.6. The molecule has 2 aromatic heterocycles. The van der Waals surface area contributed by atoms with Gasteiger partial charge in [0.15, 0.2) is 5.82 Å². The molecule has 0 radical (unpaired) electrons. The first-order valence-electron chi connectivity index (χ1n) is 9.93. The Hall–Kier alpha value is -3.47. The molecule has 3 aromatic rings. The number of alkyl halides is 3. The Kier molecular flexibility index (Phi) is 5.83. The second kappa shape index (κ2) is 8.58. The lowest BCUT2D eigenvalue weighted by Gasteiger charge is -2.12. The van der Waals surface area contributed by atoms with Crippen LogP contribution >= 0.6 is 0 Å². The predicted octanol–water partition coefficient (Wildman–Crippen LogP) is 3.35. The largest absolute Gasteiger partial charge is 0.573 e. The van der Waals surface area contributed by atoms with Crippen molar-refractivity contribution in [3.63, 3.8) is 0 Å². The summed E-state index contributed by atoms with van der Waals surface area (Å²) in [5.41, 5.74) is 1.48. The van der Waals surface area contributed by atoms with Gasteiger partial charge in [0.05, 0.1) is 30.1 Å². The summed E-state index contributed by atoms with van der Waals surface area (Å²) in [5.74, 6) is -0.620. The molecular weight excluding hydrogens is 427 g/mol. The molecule has 8 nitrogen and oxygen atoms in total. The third kappa shape index (κ3) is 5.22. The topological polar surface area (TPSA) is 102 Å². The summed E-state index contributed by atoms with van der Waals surface area (Å²) in [5, 5.41) is 16.2. The SMILES string of the molecule is C[C@@H](CO)NC(=O)c1cc(-c2ccc(OC(F)(F)F)cc2)nc(-c2cnn(C3CC3)c2)n1. The number of aromatic nitrogens is 4. The van der Waals surface area contributed by atoms with Gasteiger partial charge in [-0.15, -0.1) is 13.2 Å². The van der Waals surface area contributed by atoms with Crippen LogP contribution in [-0.2, 0) is 0 Å². The highest BCUT2D eigenvalue weighted by molar-refractivity contribution is 5.94. The maximum Gasteiger partial charge on any atom is 0.573 e. The van der Waals surface area contributed by atoms with Crippen LogP contribution < -0.4 is 10.1 Å². The lowest BCUT2D eigenvalue weighted by Crippen LogP contribution is -2.35. The number of aliphatic hydroxyl groups is 1. The highest BCUT2D eigenvalue weighted by Crippen LogP contribution is 2.35. The lowest BCUT2D eigenvalue weighted by atomic mass is 10.1.